The second-order valence-electron chi connectivity index (χ2n) is 8.79. The number of carbonyl (C=O) groups is 1. The van der Waals surface area contributed by atoms with Gasteiger partial charge < -0.3 is 14.4 Å². The number of ether oxygens (including phenoxy) is 2. The molecule has 0 spiro atoms. The number of likely N-dealkylation sites (tertiary alicyclic amines) is 1. The first kappa shape index (κ1) is 25.2. The maximum Gasteiger partial charge on any atom is 0.237 e. The molecule has 0 N–H and O–H groups in total. The lowest BCUT2D eigenvalue weighted by Gasteiger charge is -2.34. The summed E-state index contributed by atoms with van der Waals surface area (Å²) < 4.78 is 37.9. The van der Waals surface area contributed by atoms with Crippen molar-refractivity contribution in [2.24, 2.45) is 0 Å². The van der Waals surface area contributed by atoms with Crippen molar-refractivity contribution in [1.29, 1.82) is 0 Å². The molecule has 0 radical (unpaired) electrons. The second kappa shape index (κ2) is 11.2. The van der Waals surface area contributed by atoms with Gasteiger partial charge in [0.1, 0.15) is 11.5 Å². The molecule has 0 bridgehead atoms. The summed E-state index contributed by atoms with van der Waals surface area (Å²) in [5.74, 6) is 1.54. The Morgan fingerprint density at radius 3 is 2.43 bits per heavy atom. The zero-order valence-corrected chi connectivity index (χ0v) is 21.1. The van der Waals surface area contributed by atoms with Gasteiger partial charge in [-0.2, -0.15) is 4.31 Å². The van der Waals surface area contributed by atoms with Crippen LogP contribution in [-0.2, 0) is 14.8 Å². The van der Waals surface area contributed by atoms with Gasteiger partial charge in [0.25, 0.3) is 0 Å². The third kappa shape index (κ3) is 6.04. The van der Waals surface area contributed by atoms with Crippen LogP contribution >= 0.6 is 0 Å². The molecule has 2 heterocycles. The first-order valence-corrected chi connectivity index (χ1v) is 13.4. The number of rotatable bonds is 8. The lowest BCUT2D eigenvalue weighted by molar-refractivity contribution is -0.133. The molecule has 9 heteroatoms. The highest BCUT2D eigenvalue weighted by Gasteiger charge is 2.34. The molecule has 1 atom stereocenters. The third-order valence-electron chi connectivity index (χ3n) is 6.65. The molecule has 8 nitrogen and oxygen atoms in total. The van der Waals surface area contributed by atoms with Crippen molar-refractivity contribution in [1.82, 2.24) is 14.1 Å². The quantitative estimate of drug-likeness (QED) is 0.556. The summed E-state index contributed by atoms with van der Waals surface area (Å²) in [6, 6.07) is 15.0. The van der Waals surface area contributed by atoms with E-state index >= 15 is 0 Å². The Morgan fingerprint density at radius 2 is 1.74 bits per heavy atom. The average molecular weight is 500 g/mol. The Bertz CT molecular complexity index is 1140. The van der Waals surface area contributed by atoms with Crippen LogP contribution < -0.4 is 9.47 Å². The number of methoxy groups -OCH3 is 2. The van der Waals surface area contributed by atoms with E-state index in [1.165, 1.54) is 9.71 Å². The first-order chi connectivity index (χ1) is 16.9. The zero-order valence-electron chi connectivity index (χ0n) is 20.3. The van der Waals surface area contributed by atoms with Crippen LogP contribution in [0.1, 0.15) is 30.0 Å². The lowest BCUT2D eigenvalue weighted by atomic mass is 10.0. The Labute approximate surface area is 207 Å². The van der Waals surface area contributed by atoms with Gasteiger partial charge in [0.15, 0.2) is 0 Å². The molecule has 2 aromatic carbocycles. The molecular weight excluding hydrogens is 466 g/mol. The van der Waals surface area contributed by atoms with Crippen molar-refractivity contribution in [3.8, 4) is 11.5 Å². The van der Waals surface area contributed by atoms with Crippen LogP contribution in [-0.4, -0.2) is 81.9 Å². The summed E-state index contributed by atoms with van der Waals surface area (Å²) in [5, 5.41) is 1.26. The Hall–Kier alpha value is -2.88. The van der Waals surface area contributed by atoms with Crippen molar-refractivity contribution in [2.45, 2.75) is 18.9 Å². The van der Waals surface area contributed by atoms with Gasteiger partial charge >= 0.3 is 0 Å². The van der Waals surface area contributed by atoms with Crippen molar-refractivity contribution in [3.63, 3.8) is 0 Å². The van der Waals surface area contributed by atoms with Gasteiger partial charge in [0, 0.05) is 43.7 Å². The SMILES string of the molecule is COc1ccc(OC)c(C2CCCN2C(=O)CN2CCN(S(=O)(=O)C=Cc3ccccc3)CC2)c1. The van der Waals surface area contributed by atoms with Crippen molar-refractivity contribution in [3.05, 3.63) is 65.1 Å². The molecule has 188 valence electrons. The van der Waals surface area contributed by atoms with Crippen LogP contribution in [0.2, 0.25) is 0 Å². The number of amides is 1. The molecule has 4 rings (SSSR count). The maximum atomic E-state index is 13.3. The van der Waals surface area contributed by atoms with Crippen molar-refractivity contribution in [2.75, 3.05) is 53.5 Å². The summed E-state index contributed by atoms with van der Waals surface area (Å²) in [7, 11) is -0.244. The molecular formula is C26H33N3O5S. The predicted molar refractivity (Wildman–Crippen MR) is 136 cm³/mol. The van der Waals surface area contributed by atoms with E-state index in [9.17, 15) is 13.2 Å². The molecule has 35 heavy (non-hydrogen) atoms. The normalized spacial score (nSPS) is 19.8. The van der Waals surface area contributed by atoms with Crippen LogP contribution in [0.25, 0.3) is 6.08 Å². The number of sulfonamides is 1. The predicted octanol–water partition coefficient (Wildman–Crippen LogP) is 2.99. The van der Waals surface area contributed by atoms with Gasteiger partial charge in [0.2, 0.25) is 15.9 Å². The maximum absolute atomic E-state index is 13.3. The van der Waals surface area contributed by atoms with E-state index in [1.54, 1.807) is 20.3 Å². The van der Waals surface area contributed by atoms with E-state index in [0.717, 1.165) is 35.5 Å². The molecule has 0 saturated carbocycles. The Morgan fingerprint density at radius 1 is 1.00 bits per heavy atom. The zero-order chi connectivity index (χ0) is 24.8. The van der Waals surface area contributed by atoms with Crippen molar-refractivity contribution >= 4 is 22.0 Å². The molecule has 0 aromatic heterocycles. The van der Waals surface area contributed by atoms with Gasteiger partial charge in [-0.3, -0.25) is 9.69 Å². The van der Waals surface area contributed by atoms with E-state index in [4.69, 9.17) is 9.47 Å². The largest absolute Gasteiger partial charge is 0.497 e. The fraction of sp³-hybridized carbons (Fsp3) is 0.423. The number of hydrogen-bond donors (Lipinski definition) is 0. The molecule has 0 aliphatic carbocycles. The number of carbonyl (C=O) groups excluding carboxylic acids is 1. The van der Waals surface area contributed by atoms with Gasteiger partial charge in [-0.05, 0) is 42.7 Å². The summed E-state index contributed by atoms with van der Waals surface area (Å²) in [6.07, 6.45) is 3.41. The van der Waals surface area contributed by atoms with E-state index in [-0.39, 0.29) is 18.5 Å². The highest BCUT2D eigenvalue weighted by Crippen LogP contribution is 2.39. The highest BCUT2D eigenvalue weighted by molar-refractivity contribution is 7.92. The molecule has 2 aliphatic heterocycles. The molecule has 1 amide bonds. The highest BCUT2D eigenvalue weighted by atomic mass is 32.2. The summed E-state index contributed by atoms with van der Waals surface area (Å²) >= 11 is 0. The van der Waals surface area contributed by atoms with Gasteiger partial charge in [0.05, 0.1) is 26.8 Å². The molecule has 2 saturated heterocycles. The number of piperazine rings is 1. The fourth-order valence-corrected chi connectivity index (χ4v) is 5.90. The number of benzene rings is 2. The minimum Gasteiger partial charge on any atom is -0.497 e. The summed E-state index contributed by atoms with van der Waals surface area (Å²) in [6.45, 7) is 2.74. The number of nitrogens with zero attached hydrogens (tertiary/aromatic N) is 3. The smallest absolute Gasteiger partial charge is 0.237 e. The fourth-order valence-electron chi connectivity index (χ4n) is 4.73. The second-order valence-corrected chi connectivity index (χ2v) is 10.6. The minimum absolute atomic E-state index is 0.0534. The van der Waals surface area contributed by atoms with E-state index < -0.39 is 10.0 Å². The minimum atomic E-state index is -3.50. The average Bonchev–Trinajstić information content (AvgIpc) is 3.38. The number of hydrogen-bond acceptors (Lipinski definition) is 6. The Kier molecular flexibility index (Phi) is 8.10. The summed E-state index contributed by atoms with van der Waals surface area (Å²) in [5.41, 5.74) is 1.80. The molecule has 2 fully saturated rings. The topological polar surface area (TPSA) is 79.4 Å². The van der Waals surface area contributed by atoms with Gasteiger partial charge in [-0.15, -0.1) is 0 Å². The first-order valence-electron chi connectivity index (χ1n) is 11.9. The monoisotopic (exact) mass is 499 g/mol. The van der Waals surface area contributed by atoms with Gasteiger partial charge in [-0.25, -0.2) is 8.42 Å². The van der Waals surface area contributed by atoms with Crippen LogP contribution in [0, 0.1) is 0 Å². The van der Waals surface area contributed by atoms with Crippen LogP contribution in [0.4, 0.5) is 0 Å². The standard InChI is InChI=1S/C26H33N3O5S/c1-33-22-10-11-25(34-2)23(19-22)24-9-6-13-29(24)26(30)20-27-14-16-28(17-15-27)35(31,32)18-12-21-7-4-3-5-8-21/h3-5,7-8,10-12,18-19,24H,6,9,13-17,20H2,1-2H3. The van der Waals surface area contributed by atoms with Crippen LogP contribution in [0.5, 0.6) is 11.5 Å². The van der Waals surface area contributed by atoms with Crippen molar-refractivity contribution < 1.29 is 22.7 Å². The van der Waals surface area contributed by atoms with Crippen LogP contribution in [0.3, 0.4) is 0 Å². The molecule has 1 unspecified atom stereocenters. The van der Waals surface area contributed by atoms with E-state index in [0.29, 0.717) is 32.7 Å². The molecule has 2 aromatic rings. The Balaban J connectivity index is 1.35. The lowest BCUT2D eigenvalue weighted by Crippen LogP contribution is -2.51. The summed E-state index contributed by atoms with van der Waals surface area (Å²) in [4.78, 5) is 17.2. The van der Waals surface area contributed by atoms with E-state index in [2.05, 4.69) is 0 Å². The molecule has 2 aliphatic rings. The van der Waals surface area contributed by atoms with Gasteiger partial charge in [-0.1, -0.05) is 30.3 Å². The van der Waals surface area contributed by atoms with Crippen LogP contribution in [0.15, 0.2) is 53.9 Å². The third-order valence-corrected chi connectivity index (χ3v) is 8.22. The van der Waals surface area contributed by atoms with E-state index in [1.807, 2.05) is 58.3 Å².